The highest BCUT2D eigenvalue weighted by molar-refractivity contribution is 6.19. The summed E-state index contributed by atoms with van der Waals surface area (Å²) in [6.07, 6.45) is 3.79. The van der Waals surface area contributed by atoms with Crippen LogP contribution in [0.4, 0.5) is 5.69 Å². The first-order valence-corrected chi connectivity index (χ1v) is 4.47. The zero-order chi connectivity index (χ0) is 9.68. The topological polar surface area (TPSA) is 35.2 Å². The Morgan fingerprint density at radius 2 is 2.31 bits per heavy atom. The molecule has 2 N–H and O–H groups in total. The van der Waals surface area contributed by atoms with Crippen molar-refractivity contribution >= 4 is 23.4 Å². The zero-order valence-electron chi connectivity index (χ0n) is 7.46. The van der Waals surface area contributed by atoms with Crippen LogP contribution in [0.25, 0.3) is 6.08 Å². The Bertz CT molecular complexity index is 310. The number of methoxy groups -OCH3 is 1. The fourth-order valence-electron chi connectivity index (χ4n) is 1.01. The van der Waals surface area contributed by atoms with E-state index in [9.17, 15) is 0 Å². The maximum atomic E-state index is 5.65. The molecule has 0 unspecified atom stereocenters. The third kappa shape index (κ3) is 2.67. The van der Waals surface area contributed by atoms with Crippen LogP contribution in [0.15, 0.2) is 24.3 Å². The van der Waals surface area contributed by atoms with Crippen LogP contribution in [-0.4, -0.2) is 13.0 Å². The van der Waals surface area contributed by atoms with E-state index in [1.807, 2.05) is 30.4 Å². The van der Waals surface area contributed by atoms with Gasteiger partial charge in [0, 0.05) is 5.88 Å². The molecule has 0 saturated heterocycles. The first-order valence-electron chi connectivity index (χ1n) is 3.94. The summed E-state index contributed by atoms with van der Waals surface area (Å²) in [7, 11) is 1.60. The van der Waals surface area contributed by atoms with Gasteiger partial charge in [0.15, 0.2) is 0 Å². The summed E-state index contributed by atoms with van der Waals surface area (Å²) in [6, 6.07) is 5.60. The highest BCUT2D eigenvalue weighted by Gasteiger charge is 1.97. The molecule has 1 rings (SSSR count). The van der Waals surface area contributed by atoms with Crippen molar-refractivity contribution < 1.29 is 4.74 Å². The molecule has 13 heavy (non-hydrogen) atoms. The third-order valence-corrected chi connectivity index (χ3v) is 1.84. The molecule has 3 heteroatoms. The monoisotopic (exact) mass is 197 g/mol. The minimum absolute atomic E-state index is 0.507. The van der Waals surface area contributed by atoms with Crippen LogP contribution in [0.3, 0.4) is 0 Å². The van der Waals surface area contributed by atoms with Crippen LogP contribution < -0.4 is 10.5 Å². The fraction of sp³-hybridized carbons (Fsp3) is 0.200. The molecule has 70 valence electrons. The first kappa shape index (κ1) is 9.93. The van der Waals surface area contributed by atoms with Gasteiger partial charge in [-0.1, -0.05) is 18.2 Å². The minimum Gasteiger partial charge on any atom is -0.495 e. The quantitative estimate of drug-likeness (QED) is 0.597. The molecule has 0 bridgehead atoms. The Morgan fingerprint density at radius 1 is 1.54 bits per heavy atom. The first-order chi connectivity index (χ1) is 6.27. The summed E-state index contributed by atoms with van der Waals surface area (Å²) in [5.41, 5.74) is 7.33. The van der Waals surface area contributed by atoms with Gasteiger partial charge in [-0.25, -0.2) is 0 Å². The van der Waals surface area contributed by atoms with Gasteiger partial charge in [-0.15, -0.1) is 11.6 Å². The molecule has 2 nitrogen and oxygen atoms in total. The number of ether oxygens (including phenoxy) is 1. The lowest BCUT2D eigenvalue weighted by atomic mass is 10.2. The zero-order valence-corrected chi connectivity index (χ0v) is 8.21. The number of nitrogens with two attached hydrogens (primary N) is 1. The van der Waals surface area contributed by atoms with Gasteiger partial charge in [0.1, 0.15) is 5.75 Å². The van der Waals surface area contributed by atoms with E-state index in [2.05, 4.69) is 0 Å². The maximum Gasteiger partial charge on any atom is 0.142 e. The molecule has 0 aliphatic rings. The molecule has 0 aromatic heterocycles. The number of hydrogen-bond acceptors (Lipinski definition) is 2. The van der Waals surface area contributed by atoms with E-state index in [0.29, 0.717) is 17.3 Å². The second kappa shape index (κ2) is 4.77. The van der Waals surface area contributed by atoms with Crippen molar-refractivity contribution in [2.75, 3.05) is 18.7 Å². The SMILES string of the molecule is COc1cc(C=CCCl)ccc1N. The molecule has 0 saturated carbocycles. The molecule has 0 atom stereocenters. The fourth-order valence-corrected chi connectivity index (χ4v) is 1.10. The number of anilines is 1. The second-order valence-electron chi connectivity index (χ2n) is 2.56. The van der Waals surface area contributed by atoms with Crippen molar-refractivity contribution in [2.45, 2.75) is 0 Å². The lowest BCUT2D eigenvalue weighted by Crippen LogP contribution is -1.91. The lowest BCUT2D eigenvalue weighted by molar-refractivity contribution is 0.417. The highest BCUT2D eigenvalue weighted by Crippen LogP contribution is 2.22. The van der Waals surface area contributed by atoms with E-state index < -0.39 is 0 Å². The van der Waals surface area contributed by atoms with Gasteiger partial charge >= 0.3 is 0 Å². The van der Waals surface area contributed by atoms with E-state index in [1.165, 1.54) is 0 Å². The molecule has 0 fully saturated rings. The summed E-state index contributed by atoms with van der Waals surface area (Å²) in [6.45, 7) is 0. The number of nitrogen functional groups attached to an aromatic ring is 1. The van der Waals surface area contributed by atoms with Crippen molar-refractivity contribution in [1.82, 2.24) is 0 Å². The van der Waals surface area contributed by atoms with Gasteiger partial charge in [-0.2, -0.15) is 0 Å². The van der Waals surface area contributed by atoms with Crippen LogP contribution >= 0.6 is 11.6 Å². The van der Waals surface area contributed by atoms with Crippen molar-refractivity contribution in [2.24, 2.45) is 0 Å². The molecule has 0 aliphatic carbocycles. The molecular formula is C10H12ClNO. The van der Waals surface area contributed by atoms with Gasteiger partial charge in [0.25, 0.3) is 0 Å². The summed E-state index contributed by atoms with van der Waals surface area (Å²) >= 11 is 5.51. The Morgan fingerprint density at radius 3 is 2.92 bits per heavy atom. The molecule has 0 aliphatic heterocycles. The van der Waals surface area contributed by atoms with E-state index in [4.69, 9.17) is 22.1 Å². The number of rotatable bonds is 3. The molecule has 0 amide bonds. The minimum atomic E-state index is 0.507. The Balaban J connectivity index is 2.92. The molecule has 0 heterocycles. The second-order valence-corrected chi connectivity index (χ2v) is 2.87. The van der Waals surface area contributed by atoms with E-state index in [1.54, 1.807) is 7.11 Å². The van der Waals surface area contributed by atoms with Crippen LogP contribution in [0, 0.1) is 0 Å². The molecule has 0 spiro atoms. The summed E-state index contributed by atoms with van der Waals surface area (Å²) in [4.78, 5) is 0. The number of alkyl halides is 1. The van der Waals surface area contributed by atoms with E-state index >= 15 is 0 Å². The van der Waals surface area contributed by atoms with Gasteiger partial charge in [0.2, 0.25) is 0 Å². The van der Waals surface area contributed by atoms with Crippen LogP contribution in [0.5, 0.6) is 5.75 Å². The van der Waals surface area contributed by atoms with E-state index in [0.717, 1.165) is 5.56 Å². The van der Waals surface area contributed by atoms with Crippen molar-refractivity contribution in [3.63, 3.8) is 0 Å². The normalized spacial score (nSPS) is 10.6. The highest BCUT2D eigenvalue weighted by atomic mass is 35.5. The average molecular weight is 198 g/mol. The predicted molar refractivity (Wildman–Crippen MR) is 57.2 cm³/mol. The summed E-state index contributed by atoms with van der Waals surface area (Å²) < 4.78 is 5.07. The Labute approximate surface area is 83.0 Å². The van der Waals surface area contributed by atoms with Crippen molar-refractivity contribution in [1.29, 1.82) is 0 Å². The number of halogens is 1. The summed E-state index contributed by atoms with van der Waals surface area (Å²) in [5.74, 6) is 1.20. The average Bonchev–Trinajstić information content (AvgIpc) is 2.16. The Kier molecular flexibility index (Phi) is 3.65. The van der Waals surface area contributed by atoms with Crippen molar-refractivity contribution in [3.8, 4) is 5.75 Å². The third-order valence-electron chi connectivity index (χ3n) is 1.66. The number of allylic oxidation sites excluding steroid dienone is 1. The summed E-state index contributed by atoms with van der Waals surface area (Å²) in [5, 5.41) is 0. The standard InChI is InChI=1S/C10H12ClNO/c1-13-10-7-8(3-2-6-11)4-5-9(10)12/h2-5,7H,6,12H2,1H3. The largest absolute Gasteiger partial charge is 0.495 e. The number of benzene rings is 1. The number of hydrogen-bond donors (Lipinski definition) is 1. The smallest absolute Gasteiger partial charge is 0.142 e. The molecule has 1 aromatic rings. The maximum absolute atomic E-state index is 5.65. The lowest BCUT2D eigenvalue weighted by Gasteiger charge is -2.04. The van der Waals surface area contributed by atoms with E-state index in [-0.39, 0.29) is 0 Å². The predicted octanol–water partition coefficient (Wildman–Crippen LogP) is 2.53. The van der Waals surface area contributed by atoms with Crippen molar-refractivity contribution in [3.05, 3.63) is 29.8 Å². The Hall–Kier alpha value is -1.15. The van der Waals surface area contributed by atoms with Gasteiger partial charge in [0.05, 0.1) is 12.8 Å². The van der Waals surface area contributed by atoms with Gasteiger partial charge in [-0.3, -0.25) is 0 Å². The molecular weight excluding hydrogens is 186 g/mol. The van der Waals surface area contributed by atoms with Gasteiger partial charge in [-0.05, 0) is 17.7 Å². The molecule has 0 radical (unpaired) electrons. The van der Waals surface area contributed by atoms with Gasteiger partial charge < -0.3 is 10.5 Å². The van der Waals surface area contributed by atoms with Crippen LogP contribution in [0.2, 0.25) is 0 Å². The van der Waals surface area contributed by atoms with Crippen LogP contribution in [0.1, 0.15) is 5.56 Å². The molecule has 1 aromatic carbocycles. The van der Waals surface area contributed by atoms with Crippen LogP contribution in [-0.2, 0) is 0 Å².